The average Bonchev–Trinajstić information content (AvgIpc) is 2.76. The second kappa shape index (κ2) is 9.95. The molecule has 2 heterocycles. The summed E-state index contributed by atoms with van der Waals surface area (Å²) in [5.41, 5.74) is 1.26. The minimum absolute atomic E-state index is 0.0729. The number of amides is 1. The summed E-state index contributed by atoms with van der Waals surface area (Å²) in [4.78, 5) is 14.7. The Labute approximate surface area is 185 Å². The molecular weight excluding hydrogens is 440 g/mol. The quantitative estimate of drug-likeness (QED) is 0.636. The molecule has 2 fully saturated rings. The Morgan fingerprint density at radius 2 is 1.58 bits per heavy atom. The van der Waals surface area contributed by atoms with Crippen LogP contribution < -0.4 is 5.32 Å². The van der Waals surface area contributed by atoms with Crippen molar-refractivity contribution in [2.24, 2.45) is 0 Å². The topological polar surface area (TPSA) is 107 Å². The Kier molecular flexibility index (Phi) is 7.74. The molecule has 3 rings (SSSR count). The minimum atomic E-state index is -3.58. The highest BCUT2D eigenvalue weighted by Crippen LogP contribution is 2.25. The number of hydrogen-bond acceptors (Lipinski definition) is 6. The minimum Gasteiger partial charge on any atom is -0.325 e. The van der Waals surface area contributed by atoms with Crippen molar-refractivity contribution in [1.29, 1.82) is 0 Å². The molecule has 2 saturated heterocycles. The third-order valence-corrected chi connectivity index (χ3v) is 9.67. The van der Waals surface area contributed by atoms with Gasteiger partial charge in [0.2, 0.25) is 26.0 Å². The zero-order chi connectivity index (χ0) is 22.6. The molecule has 0 aromatic heterocycles. The van der Waals surface area contributed by atoms with E-state index >= 15 is 0 Å². The van der Waals surface area contributed by atoms with Gasteiger partial charge < -0.3 is 5.32 Å². The Balaban J connectivity index is 1.62. The Bertz CT molecular complexity index is 996. The molecule has 1 amide bonds. The fraction of sp³-hybridized carbons (Fsp3) is 0.650. The van der Waals surface area contributed by atoms with E-state index in [0.717, 1.165) is 24.8 Å². The van der Waals surface area contributed by atoms with E-state index in [1.165, 1.54) is 14.7 Å². The van der Waals surface area contributed by atoms with Crippen molar-refractivity contribution in [1.82, 2.24) is 13.5 Å². The normalized spacial score (nSPS) is 19.9. The number of aryl methyl sites for hydroxylation is 1. The van der Waals surface area contributed by atoms with Gasteiger partial charge in [-0.15, -0.1) is 0 Å². The van der Waals surface area contributed by atoms with Crippen LogP contribution in [0.25, 0.3) is 0 Å². The van der Waals surface area contributed by atoms with Crippen molar-refractivity contribution in [2.45, 2.75) is 38.0 Å². The van der Waals surface area contributed by atoms with E-state index in [2.05, 4.69) is 5.32 Å². The van der Waals surface area contributed by atoms with Crippen LogP contribution in [0.15, 0.2) is 23.1 Å². The molecule has 0 spiro atoms. The average molecular weight is 473 g/mol. The van der Waals surface area contributed by atoms with Crippen molar-refractivity contribution in [3.05, 3.63) is 23.8 Å². The highest BCUT2D eigenvalue weighted by Gasteiger charge is 2.28. The van der Waals surface area contributed by atoms with E-state index in [9.17, 15) is 21.6 Å². The summed E-state index contributed by atoms with van der Waals surface area (Å²) in [5, 5.41) is 2.83. The number of carbonyl (C=O) groups is 1. The monoisotopic (exact) mass is 472 g/mol. The Hall–Kier alpha value is -1.53. The second-order valence-corrected chi connectivity index (χ2v) is 12.3. The molecule has 1 N–H and O–H groups in total. The van der Waals surface area contributed by atoms with E-state index < -0.39 is 20.0 Å². The van der Waals surface area contributed by atoms with Gasteiger partial charge >= 0.3 is 0 Å². The van der Waals surface area contributed by atoms with Gasteiger partial charge in [-0.3, -0.25) is 9.69 Å². The van der Waals surface area contributed by atoms with Crippen LogP contribution in [0.4, 0.5) is 5.69 Å². The van der Waals surface area contributed by atoms with Gasteiger partial charge in [-0.2, -0.15) is 8.61 Å². The van der Waals surface area contributed by atoms with Gasteiger partial charge in [-0.1, -0.05) is 12.5 Å². The maximum absolute atomic E-state index is 12.9. The summed E-state index contributed by atoms with van der Waals surface area (Å²) < 4.78 is 52.8. The van der Waals surface area contributed by atoms with E-state index in [1.807, 2.05) is 11.8 Å². The molecule has 2 aliphatic rings. The number of hydrogen-bond donors (Lipinski definition) is 1. The number of nitrogens with one attached hydrogen (secondary N) is 1. The lowest BCUT2D eigenvalue weighted by Gasteiger charge is -2.33. The van der Waals surface area contributed by atoms with Crippen LogP contribution in [0.5, 0.6) is 0 Å². The first-order valence-corrected chi connectivity index (χ1v) is 13.8. The number of benzene rings is 1. The van der Waals surface area contributed by atoms with Crippen molar-refractivity contribution >= 4 is 31.6 Å². The largest absolute Gasteiger partial charge is 0.325 e. The molecule has 0 unspecified atom stereocenters. The number of sulfonamides is 2. The first kappa shape index (κ1) is 24.1. The molecule has 11 heteroatoms. The molecule has 0 radical (unpaired) electrons. The maximum Gasteiger partial charge on any atom is 0.243 e. The van der Waals surface area contributed by atoms with Gasteiger partial charge in [0.25, 0.3) is 0 Å². The lowest BCUT2D eigenvalue weighted by Crippen LogP contribution is -2.50. The molecule has 0 saturated carbocycles. The molecular formula is C20H32N4O5S2. The molecule has 9 nitrogen and oxygen atoms in total. The van der Waals surface area contributed by atoms with Crippen LogP contribution in [-0.2, 0) is 24.8 Å². The van der Waals surface area contributed by atoms with E-state index in [0.29, 0.717) is 45.0 Å². The van der Waals surface area contributed by atoms with Crippen LogP contribution in [0.1, 0.15) is 31.7 Å². The van der Waals surface area contributed by atoms with Crippen molar-refractivity contribution in [3.63, 3.8) is 0 Å². The SMILES string of the molecule is CCS(=O)(=O)N1CCN(CC(=O)Nc2cc(S(=O)(=O)N3CCCCC3)ccc2C)CC1. The fourth-order valence-corrected chi connectivity index (χ4v) is 6.52. The molecule has 0 aliphatic carbocycles. The maximum atomic E-state index is 12.9. The number of anilines is 1. The van der Waals surface area contributed by atoms with Crippen LogP contribution in [0.3, 0.4) is 0 Å². The number of piperidine rings is 1. The summed E-state index contributed by atoms with van der Waals surface area (Å²) in [6.45, 7) is 6.32. The van der Waals surface area contributed by atoms with Crippen LogP contribution in [0.2, 0.25) is 0 Å². The predicted molar refractivity (Wildman–Crippen MR) is 120 cm³/mol. The first-order chi connectivity index (χ1) is 14.6. The standard InChI is InChI=1S/C20H32N4O5S2/c1-3-30(26,27)23-13-11-22(12-14-23)16-20(25)21-19-15-18(8-7-17(19)2)31(28,29)24-9-5-4-6-10-24/h7-8,15H,3-6,9-14,16H2,1-2H3,(H,21,25). The summed E-state index contributed by atoms with van der Waals surface area (Å²) in [6, 6.07) is 4.83. The lowest BCUT2D eigenvalue weighted by molar-refractivity contribution is -0.117. The molecule has 1 aromatic rings. The Morgan fingerprint density at radius 1 is 0.935 bits per heavy atom. The van der Waals surface area contributed by atoms with Crippen molar-refractivity contribution < 1.29 is 21.6 Å². The number of nitrogens with zero attached hydrogens (tertiary/aromatic N) is 3. The third kappa shape index (κ3) is 5.83. The summed E-state index contributed by atoms with van der Waals surface area (Å²) >= 11 is 0. The second-order valence-electron chi connectivity index (χ2n) is 8.07. The summed E-state index contributed by atoms with van der Waals surface area (Å²) in [5.74, 6) is -0.175. The van der Waals surface area contributed by atoms with E-state index in [-0.39, 0.29) is 23.1 Å². The molecule has 1 aromatic carbocycles. The zero-order valence-electron chi connectivity index (χ0n) is 18.2. The fourth-order valence-electron chi connectivity index (χ4n) is 3.89. The van der Waals surface area contributed by atoms with Gasteiger partial charge in [-0.05, 0) is 44.4 Å². The van der Waals surface area contributed by atoms with Gasteiger partial charge in [-0.25, -0.2) is 16.8 Å². The van der Waals surface area contributed by atoms with Gasteiger partial charge in [0, 0.05) is 45.0 Å². The van der Waals surface area contributed by atoms with Gasteiger partial charge in [0.1, 0.15) is 0 Å². The van der Waals surface area contributed by atoms with Crippen molar-refractivity contribution in [2.75, 3.05) is 56.9 Å². The van der Waals surface area contributed by atoms with E-state index in [4.69, 9.17) is 0 Å². The molecule has 0 bridgehead atoms. The van der Waals surface area contributed by atoms with E-state index in [1.54, 1.807) is 19.1 Å². The summed E-state index contributed by atoms with van der Waals surface area (Å²) in [7, 11) is -6.79. The Morgan fingerprint density at radius 3 is 2.19 bits per heavy atom. The lowest BCUT2D eigenvalue weighted by atomic mass is 10.2. The van der Waals surface area contributed by atoms with Crippen molar-refractivity contribution in [3.8, 4) is 0 Å². The number of piperazine rings is 1. The number of rotatable bonds is 7. The molecule has 2 aliphatic heterocycles. The van der Waals surface area contributed by atoms with Gasteiger partial charge in [0.15, 0.2) is 0 Å². The summed E-state index contributed by atoms with van der Waals surface area (Å²) in [6.07, 6.45) is 2.77. The highest BCUT2D eigenvalue weighted by molar-refractivity contribution is 7.89. The molecule has 0 atom stereocenters. The van der Waals surface area contributed by atoms with Crippen LogP contribution in [0, 0.1) is 6.92 Å². The predicted octanol–water partition coefficient (Wildman–Crippen LogP) is 1.08. The zero-order valence-corrected chi connectivity index (χ0v) is 19.8. The number of carbonyl (C=O) groups excluding carboxylic acids is 1. The smallest absolute Gasteiger partial charge is 0.243 e. The van der Waals surface area contributed by atoms with Crippen LogP contribution >= 0.6 is 0 Å². The van der Waals surface area contributed by atoms with Crippen LogP contribution in [-0.4, -0.2) is 87.8 Å². The molecule has 31 heavy (non-hydrogen) atoms. The van der Waals surface area contributed by atoms with Gasteiger partial charge in [0.05, 0.1) is 17.2 Å². The third-order valence-electron chi connectivity index (χ3n) is 5.89. The molecule has 174 valence electrons. The first-order valence-electron chi connectivity index (χ1n) is 10.7. The highest BCUT2D eigenvalue weighted by atomic mass is 32.2.